The Bertz CT molecular complexity index is 828. The Kier molecular flexibility index (Phi) is 5.57. The maximum absolute atomic E-state index is 5.59. The van der Waals surface area contributed by atoms with Crippen molar-refractivity contribution in [3.8, 4) is 11.5 Å². The van der Waals surface area contributed by atoms with Crippen LogP contribution in [-0.4, -0.2) is 53.9 Å². The summed E-state index contributed by atoms with van der Waals surface area (Å²) in [6.45, 7) is 2.88. The quantitative estimate of drug-likeness (QED) is 0.705. The topological polar surface area (TPSA) is 24.9 Å². The van der Waals surface area contributed by atoms with Crippen LogP contribution in [0.2, 0.25) is 0 Å². The third-order valence-corrected chi connectivity index (χ3v) is 6.79. The first-order valence-electron chi connectivity index (χ1n) is 9.16. The van der Waals surface area contributed by atoms with Gasteiger partial charge in [0.2, 0.25) is 0 Å². The van der Waals surface area contributed by atoms with E-state index in [1.165, 1.54) is 16.7 Å². The van der Waals surface area contributed by atoms with Crippen LogP contribution in [0.5, 0.6) is 11.5 Å². The van der Waals surface area contributed by atoms with E-state index in [1.54, 1.807) is 26.0 Å². The number of rotatable bonds is 5. The molecule has 0 spiro atoms. The van der Waals surface area contributed by atoms with Gasteiger partial charge in [0, 0.05) is 18.8 Å². The minimum absolute atomic E-state index is 0.183. The molecule has 1 atom stereocenters. The Morgan fingerprint density at radius 2 is 1.81 bits per heavy atom. The summed E-state index contributed by atoms with van der Waals surface area (Å²) in [6.07, 6.45) is 0.993. The number of nitrogens with zero attached hydrogens (tertiary/aromatic N) is 2. The zero-order valence-corrected chi connectivity index (χ0v) is 17.3. The molecule has 6 heteroatoms. The second kappa shape index (κ2) is 8.09. The molecule has 0 saturated carbocycles. The van der Waals surface area contributed by atoms with E-state index in [4.69, 9.17) is 21.7 Å². The minimum atomic E-state index is 0.183. The number of fused-ring (bicyclic) bond motifs is 1. The number of thioether (sulfide) groups is 1. The maximum Gasteiger partial charge on any atom is 0.161 e. The van der Waals surface area contributed by atoms with Gasteiger partial charge in [0.05, 0.1) is 26.9 Å². The Balaban J connectivity index is 1.75. The Hall–Kier alpha value is -1.76. The summed E-state index contributed by atoms with van der Waals surface area (Å²) < 4.78 is 12.1. The van der Waals surface area contributed by atoms with Crippen molar-refractivity contribution in [3.05, 3.63) is 59.2 Å². The van der Waals surface area contributed by atoms with E-state index < -0.39 is 0 Å². The molecule has 2 heterocycles. The van der Waals surface area contributed by atoms with Crippen molar-refractivity contribution in [2.24, 2.45) is 0 Å². The highest BCUT2D eigenvalue weighted by atomic mass is 32.2. The molecule has 0 aromatic heterocycles. The lowest BCUT2D eigenvalue weighted by molar-refractivity contribution is 0.151. The molecule has 4 rings (SSSR count). The summed E-state index contributed by atoms with van der Waals surface area (Å²) in [5, 5.41) is 0. The number of hydrogen-bond acceptors (Lipinski definition) is 5. The van der Waals surface area contributed by atoms with Crippen molar-refractivity contribution in [1.82, 2.24) is 9.80 Å². The molecule has 0 radical (unpaired) electrons. The summed E-state index contributed by atoms with van der Waals surface area (Å²) in [5.41, 5.74) is 3.92. The van der Waals surface area contributed by atoms with Crippen LogP contribution in [0, 0.1) is 0 Å². The summed E-state index contributed by atoms with van der Waals surface area (Å²) >= 11 is 7.32. The minimum Gasteiger partial charge on any atom is -0.493 e. The van der Waals surface area contributed by atoms with Crippen LogP contribution in [0.3, 0.4) is 0 Å². The van der Waals surface area contributed by atoms with Crippen LogP contribution in [0.15, 0.2) is 42.5 Å². The van der Waals surface area contributed by atoms with Gasteiger partial charge < -0.3 is 14.4 Å². The zero-order valence-electron chi connectivity index (χ0n) is 15.7. The average molecular weight is 401 g/mol. The van der Waals surface area contributed by atoms with Crippen LogP contribution in [0.1, 0.15) is 22.7 Å². The number of benzene rings is 2. The molecule has 1 saturated heterocycles. The third-order valence-electron chi connectivity index (χ3n) is 5.29. The number of ether oxygens (including phenoxy) is 2. The highest BCUT2D eigenvalue weighted by Gasteiger charge is 2.32. The van der Waals surface area contributed by atoms with Crippen molar-refractivity contribution in [2.45, 2.75) is 12.5 Å². The number of hydrogen-bond donors (Lipinski definition) is 0. The molecule has 0 amide bonds. The zero-order chi connectivity index (χ0) is 18.8. The maximum atomic E-state index is 5.59. The average Bonchev–Trinajstić information content (AvgIpc) is 3.11. The Morgan fingerprint density at radius 3 is 2.48 bits per heavy atom. The Labute approximate surface area is 170 Å². The molecule has 2 aliphatic rings. The first kappa shape index (κ1) is 18.6. The van der Waals surface area contributed by atoms with Gasteiger partial charge in [0.1, 0.15) is 4.32 Å². The molecule has 0 N–H and O–H groups in total. The molecule has 2 aromatic rings. The monoisotopic (exact) mass is 400 g/mol. The molecule has 2 aromatic carbocycles. The van der Waals surface area contributed by atoms with Gasteiger partial charge >= 0.3 is 0 Å². The second-order valence-electron chi connectivity index (χ2n) is 6.80. The van der Waals surface area contributed by atoms with Crippen LogP contribution in [0.25, 0.3) is 0 Å². The van der Waals surface area contributed by atoms with Gasteiger partial charge in [0.25, 0.3) is 0 Å². The predicted octanol–water partition coefficient (Wildman–Crippen LogP) is 3.94. The second-order valence-corrected chi connectivity index (χ2v) is 8.53. The highest BCUT2D eigenvalue weighted by molar-refractivity contribution is 8.23. The van der Waals surface area contributed by atoms with Gasteiger partial charge in [0.15, 0.2) is 11.5 Å². The molecule has 4 nitrogen and oxygen atoms in total. The first-order valence-corrected chi connectivity index (χ1v) is 10.6. The lowest BCUT2D eigenvalue weighted by Gasteiger charge is -2.40. The molecule has 1 unspecified atom stereocenters. The van der Waals surface area contributed by atoms with Crippen molar-refractivity contribution in [3.63, 3.8) is 0 Å². The van der Waals surface area contributed by atoms with Crippen molar-refractivity contribution < 1.29 is 9.47 Å². The van der Waals surface area contributed by atoms with E-state index >= 15 is 0 Å². The van der Waals surface area contributed by atoms with E-state index in [1.807, 2.05) is 0 Å². The van der Waals surface area contributed by atoms with Crippen molar-refractivity contribution >= 4 is 28.3 Å². The number of thiocarbonyl (C=S) groups is 1. The number of methoxy groups -OCH3 is 2. The fourth-order valence-corrected chi connectivity index (χ4v) is 5.17. The summed E-state index contributed by atoms with van der Waals surface area (Å²) in [5.74, 6) is 2.67. The SMILES string of the molecule is COc1cc2c(cc1OC)C(c1ccccc1)N(CN1CCSC1=S)CC2. The van der Waals surface area contributed by atoms with Gasteiger partial charge in [-0.15, -0.1) is 0 Å². The fourth-order valence-electron chi connectivity index (χ4n) is 3.95. The smallest absolute Gasteiger partial charge is 0.161 e. The van der Waals surface area contributed by atoms with Crippen LogP contribution in [0.4, 0.5) is 0 Å². The van der Waals surface area contributed by atoms with Crippen molar-refractivity contribution in [2.75, 3.05) is 39.7 Å². The first-order chi connectivity index (χ1) is 13.2. The van der Waals surface area contributed by atoms with E-state index in [9.17, 15) is 0 Å². The molecule has 27 heavy (non-hydrogen) atoms. The lowest BCUT2D eigenvalue weighted by Crippen LogP contribution is -2.44. The van der Waals surface area contributed by atoms with Crippen LogP contribution >= 0.6 is 24.0 Å². The van der Waals surface area contributed by atoms with E-state index in [2.05, 4.69) is 52.3 Å². The predicted molar refractivity (Wildman–Crippen MR) is 115 cm³/mol. The standard InChI is InChI=1S/C21H24N2O2S2/c1-24-18-12-16-8-9-22(14-23-10-11-27-21(23)26)20(15-6-4-3-5-7-15)17(16)13-19(18)25-2/h3-7,12-13,20H,8-11,14H2,1-2H3. The molecular weight excluding hydrogens is 376 g/mol. The van der Waals surface area contributed by atoms with Gasteiger partial charge in [-0.1, -0.05) is 54.3 Å². The Morgan fingerprint density at radius 1 is 1.07 bits per heavy atom. The highest BCUT2D eigenvalue weighted by Crippen LogP contribution is 2.41. The van der Waals surface area contributed by atoms with E-state index in [0.29, 0.717) is 0 Å². The van der Waals surface area contributed by atoms with E-state index in [-0.39, 0.29) is 6.04 Å². The largest absolute Gasteiger partial charge is 0.493 e. The van der Waals surface area contributed by atoms with Gasteiger partial charge in [-0.05, 0) is 35.2 Å². The molecule has 2 aliphatic heterocycles. The summed E-state index contributed by atoms with van der Waals surface area (Å²) in [4.78, 5) is 4.85. The molecular formula is C21H24N2O2S2. The normalized spacial score (nSPS) is 19.9. The summed E-state index contributed by atoms with van der Waals surface area (Å²) in [7, 11) is 3.39. The van der Waals surface area contributed by atoms with Gasteiger partial charge in [-0.2, -0.15) is 0 Å². The van der Waals surface area contributed by atoms with Crippen LogP contribution in [-0.2, 0) is 6.42 Å². The molecule has 142 valence electrons. The van der Waals surface area contributed by atoms with Crippen molar-refractivity contribution in [1.29, 1.82) is 0 Å². The lowest BCUT2D eigenvalue weighted by atomic mass is 9.88. The third kappa shape index (κ3) is 3.66. The van der Waals surface area contributed by atoms with Gasteiger partial charge in [-0.25, -0.2) is 0 Å². The fraction of sp³-hybridized carbons (Fsp3) is 0.381. The van der Waals surface area contributed by atoms with Crippen LogP contribution < -0.4 is 9.47 Å². The molecule has 0 aliphatic carbocycles. The summed E-state index contributed by atoms with van der Waals surface area (Å²) in [6, 6.07) is 15.2. The molecule has 1 fully saturated rings. The van der Waals surface area contributed by atoms with Gasteiger partial charge in [-0.3, -0.25) is 4.90 Å². The molecule has 0 bridgehead atoms. The van der Waals surface area contributed by atoms with E-state index in [0.717, 1.165) is 47.8 Å².